The summed E-state index contributed by atoms with van der Waals surface area (Å²) in [6.45, 7) is 8.40. The van der Waals surface area contributed by atoms with Crippen LogP contribution < -0.4 is 20.7 Å². The van der Waals surface area contributed by atoms with Crippen molar-refractivity contribution >= 4 is 21.9 Å². The second-order valence-corrected chi connectivity index (χ2v) is 11.9. The third-order valence-electron chi connectivity index (χ3n) is 8.26. The van der Waals surface area contributed by atoms with E-state index >= 15 is 0 Å². The summed E-state index contributed by atoms with van der Waals surface area (Å²) in [5.41, 5.74) is 1.31. The highest BCUT2D eigenvalue weighted by atomic mass is 79.9. The minimum atomic E-state index is -0.885. The summed E-state index contributed by atoms with van der Waals surface area (Å²) in [6, 6.07) is 8.78. The Kier molecular flexibility index (Phi) is 7.48. The fourth-order valence-electron chi connectivity index (χ4n) is 5.84. The molecule has 1 saturated carbocycles. The molecule has 9 nitrogen and oxygen atoms in total. The van der Waals surface area contributed by atoms with Crippen LogP contribution in [0.1, 0.15) is 54.7 Å². The first kappa shape index (κ1) is 27.9. The number of fused-ring (bicyclic) bond motifs is 1. The van der Waals surface area contributed by atoms with E-state index in [9.17, 15) is 14.4 Å². The molecule has 1 fully saturated rings. The van der Waals surface area contributed by atoms with E-state index in [0.717, 1.165) is 32.6 Å². The maximum Gasteiger partial charge on any atom is 0.364 e. The standard InChI is InChI=1S/C30H32BrN3O6/c1-16-12-20(13-17(2)26(16)40-21-8-9-24(38-5)23(31)15-21)34-29(37)32-27(35)25(33-34)28(36)39-11-10-18-6-7-19-14-22(18)30(19,3)4/h6,8-9,12-13,15,19,22H,7,10-11,14H2,1-5H3,(H,32,35,37). The Morgan fingerprint density at radius 3 is 2.52 bits per heavy atom. The molecular weight excluding hydrogens is 578 g/mol. The number of aromatic amines is 1. The maximum absolute atomic E-state index is 12.8. The van der Waals surface area contributed by atoms with Crippen LogP contribution >= 0.6 is 15.9 Å². The van der Waals surface area contributed by atoms with Crippen molar-refractivity contribution in [3.63, 3.8) is 0 Å². The molecule has 0 amide bonds. The molecule has 10 heteroatoms. The van der Waals surface area contributed by atoms with E-state index in [0.29, 0.717) is 35.3 Å². The van der Waals surface area contributed by atoms with E-state index < -0.39 is 22.9 Å². The highest BCUT2D eigenvalue weighted by Gasteiger charge is 2.50. The van der Waals surface area contributed by atoms with Gasteiger partial charge in [-0.25, -0.2) is 9.59 Å². The van der Waals surface area contributed by atoms with Crippen molar-refractivity contribution in [3.8, 4) is 22.9 Å². The Labute approximate surface area is 240 Å². The molecule has 2 atom stereocenters. The van der Waals surface area contributed by atoms with Crippen molar-refractivity contribution < 1.29 is 19.0 Å². The number of ether oxygens (including phenoxy) is 3. The van der Waals surface area contributed by atoms with Gasteiger partial charge >= 0.3 is 11.7 Å². The lowest BCUT2D eigenvalue weighted by Gasteiger charge is -2.56. The number of aryl methyl sites for hydroxylation is 2. The van der Waals surface area contributed by atoms with Crippen LogP contribution in [0.3, 0.4) is 0 Å². The van der Waals surface area contributed by atoms with Gasteiger partial charge in [0.15, 0.2) is 0 Å². The minimum Gasteiger partial charge on any atom is -0.496 e. The summed E-state index contributed by atoms with van der Waals surface area (Å²) in [4.78, 5) is 40.1. The molecule has 6 rings (SSSR count). The van der Waals surface area contributed by atoms with Gasteiger partial charge in [-0.15, -0.1) is 0 Å². The molecule has 0 aliphatic heterocycles. The third kappa shape index (κ3) is 5.12. The molecule has 0 saturated heterocycles. The van der Waals surface area contributed by atoms with E-state index in [2.05, 4.69) is 45.9 Å². The summed E-state index contributed by atoms with van der Waals surface area (Å²) in [7, 11) is 1.59. The normalized spacial score (nSPS) is 18.9. The predicted octanol–water partition coefficient (Wildman–Crippen LogP) is 5.64. The van der Waals surface area contributed by atoms with Crippen LogP contribution in [0.5, 0.6) is 17.2 Å². The van der Waals surface area contributed by atoms with Crippen molar-refractivity contribution in [2.24, 2.45) is 17.3 Å². The first-order valence-electron chi connectivity index (χ1n) is 13.2. The van der Waals surface area contributed by atoms with Crippen molar-refractivity contribution in [3.05, 3.63) is 84.1 Å². The molecule has 3 aromatic rings. The van der Waals surface area contributed by atoms with Crippen LogP contribution in [0, 0.1) is 31.1 Å². The highest BCUT2D eigenvalue weighted by molar-refractivity contribution is 9.10. The number of hydrogen-bond acceptors (Lipinski definition) is 7. The average molecular weight is 611 g/mol. The SMILES string of the molecule is COc1ccc(Oc2c(C)cc(-n3nc(C(=O)OCCC4=CCC5CC4C5(C)C)c(=O)[nH]c3=O)cc2C)cc1Br. The lowest BCUT2D eigenvalue weighted by molar-refractivity contribution is -0.0103. The number of esters is 1. The van der Waals surface area contributed by atoms with Crippen LogP contribution in [-0.4, -0.2) is 34.5 Å². The largest absolute Gasteiger partial charge is 0.496 e. The zero-order valence-electron chi connectivity index (χ0n) is 23.2. The molecule has 2 aromatic carbocycles. The zero-order chi connectivity index (χ0) is 28.8. The monoisotopic (exact) mass is 609 g/mol. The topological polar surface area (TPSA) is 113 Å². The van der Waals surface area contributed by atoms with Crippen molar-refractivity contribution in [2.45, 2.75) is 47.0 Å². The number of halogens is 1. The Morgan fingerprint density at radius 2 is 1.90 bits per heavy atom. The van der Waals surface area contributed by atoms with E-state index in [1.54, 1.807) is 37.4 Å². The summed E-state index contributed by atoms with van der Waals surface area (Å²) in [5.74, 6) is 2.26. The van der Waals surface area contributed by atoms with Gasteiger partial charge in [0.2, 0.25) is 5.69 Å². The van der Waals surface area contributed by atoms with E-state index in [1.807, 2.05) is 13.8 Å². The molecule has 1 heterocycles. The Bertz CT molecular complexity index is 1610. The number of carbonyl (C=O) groups excluding carboxylic acids is 1. The first-order valence-corrected chi connectivity index (χ1v) is 14.0. The smallest absolute Gasteiger partial charge is 0.364 e. The van der Waals surface area contributed by atoms with E-state index in [1.165, 1.54) is 12.0 Å². The first-order chi connectivity index (χ1) is 19.0. The quantitative estimate of drug-likeness (QED) is 0.260. The molecule has 3 aliphatic carbocycles. The van der Waals surface area contributed by atoms with E-state index in [-0.39, 0.29) is 12.0 Å². The van der Waals surface area contributed by atoms with Crippen LogP contribution in [0.15, 0.2) is 56.0 Å². The maximum atomic E-state index is 12.8. The molecular formula is C30H32BrN3O6. The van der Waals surface area contributed by atoms with Crippen molar-refractivity contribution in [2.75, 3.05) is 13.7 Å². The molecule has 1 N–H and O–H groups in total. The number of benzene rings is 2. The van der Waals surface area contributed by atoms with Crippen LogP contribution in [0.2, 0.25) is 0 Å². The summed E-state index contributed by atoms with van der Waals surface area (Å²) in [5, 5.41) is 4.09. The van der Waals surface area contributed by atoms with Gasteiger partial charge in [0.25, 0.3) is 5.56 Å². The number of carbonyl (C=O) groups is 1. The Balaban J connectivity index is 1.33. The van der Waals surface area contributed by atoms with Gasteiger partial charge in [0.05, 0.1) is 23.9 Å². The zero-order valence-corrected chi connectivity index (χ0v) is 24.8. The number of hydrogen-bond donors (Lipinski definition) is 1. The number of methoxy groups -OCH3 is 1. The van der Waals surface area contributed by atoms with Crippen LogP contribution in [0.4, 0.5) is 0 Å². The van der Waals surface area contributed by atoms with Gasteiger partial charge in [-0.2, -0.15) is 9.78 Å². The van der Waals surface area contributed by atoms with Crippen LogP contribution in [-0.2, 0) is 4.74 Å². The van der Waals surface area contributed by atoms with Crippen molar-refractivity contribution in [1.82, 2.24) is 14.8 Å². The van der Waals surface area contributed by atoms with Crippen LogP contribution in [0.25, 0.3) is 5.69 Å². The second kappa shape index (κ2) is 10.7. The summed E-state index contributed by atoms with van der Waals surface area (Å²) in [6.07, 6.45) is 5.11. The fourth-order valence-corrected chi connectivity index (χ4v) is 6.35. The van der Waals surface area contributed by atoms with Gasteiger partial charge in [0.1, 0.15) is 17.2 Å². The number of nitrogens with zero attached hydrogens (tertiary/aromatic N) is 2. The predicted molar refractivity (Wildman–Crippen MR) is 154 cm³/mol. The summed E-state index contributed by atoms with van der Waals surface area (Å²) < 4.78 is 18.5. The second-order valence-electron chi connectivity index (χ2n) is 11.0. The Hall–Kier alpha value is -3.66. The lowest BCUT2D eigenvalue weighted by atomic mass is 9.48. The fraction of sp³-hybridized carbons (Fsp3) is 0.400. The average Bonchev–Trinajstić information content (AvgIpc) is 2.90. The van der Waals surface area contributed by atoms with E-state index in [4.69, 9.17) is 14.2 Å². The van der Waals surface area contributed by atoms with Gasteiger partial charge in [-0.05, 0) is 101 Å². The Morgan fingerprint density at radius 1 is 1.18 bits per heavy atom. The number of aromatic nitrogens is 3. The lowest BCUT2D eigenvalue weighted by Crippen LogP contribution is -2.48. The van der Waals surface area contributed by atoms with Gasteiger partial charge in [0, 0.05) is 6.42 Å². The van der Waals surface area contributed by atoms with Crippen molar-refractivity contribution in [1.29, 1.82) is 0 Å². The minimum absolute atomic E-state index is 0.147. The molecule has 210 valence electrons. The van der Waals surface area contributed by atoms with Gasteiger partial charge in [-0.3, -0.25) is 9.78 Å². The number of nitrogens with one attached hydrogen (secondary N) is 1. The molecule has 3 aliphatic rings. The molecule has 2 unspecified atom stereocenters. The number of rotatable bonds is 8. The van der Waals surface area contributed by atoms with Gasteiger partial charge < -0.3 is 14.2 Å². The molecule has 40 heavy (non-hydrogen) atoms. The molecule has 1 aromatic heterocycles. The molecule has 2 bridgehead atoms. The molecule has 0 radical (unpaired) electrons. The third-order valence-corrected chi connectivity index (χ3v) is 8.88. The highest BCUT2D eigenvalue weighted by Crippen LogP contribution is 2.59. The number of H-pyrrole nitrogens is 1. The van der Waals surface area contributed by atoms with Gasteiger partial charge in [-0.1, -0.05) is 25.5 Å². The summed E-state index contributed by atoms with van der Waals surface area (Å²) >= 11 is 3.46. The molecule has 0 spiro atoms. The number of allylic oxidation sites excluding steroid dienone is 1.